The van der Waals surface area contributed by atoms with Gasteiger partial charge in [0.05, 0.1) is 0 Å². The standard InChI is InChI=1S/C8H11ClN2OS/c9-3-1-7-10-11-8(12-7)6-2-4-13-5-6/h6H,1-5H2. The van der Waals surface area contributed by atoms with E-state index in [1.807, 2.05) is 11.8 Å². The third-order valence-corrected chi connectivity index (χ3v) is 3.42. The summed E-state index contributed by atoms with van der Waals surface area (Å²) in [6.07, 6.45) is 1.83. The van der Waals surface area contributed by atoms with E-state index in [1.165, 1.54) is 5.75 Å². The van der Waals surface area contributed by atoms with Crippen LogP contribution in [-0.2, 0) is 6.42 Å². The van der Waals surface area contributed by atoms with Crippen LogP contribution in [0.4, 0.5) is 0 Å². The summed E-state index contributed by atoms with van der Waals surface area (Å²) < 4.78 is 5.49. The average molecular weight is 219 g/mol. The van der Waals surface area contributed by atoms with Crippen molar-refractivity contribution in [1.82, 2.24) is 10.2 Å². The molecule has 0 radical (unpaired) electrons. The summed E-state index contributed by atoms with van der Waals surface area (Å²) in [4.78, 5) is 0. The van der Waals surface area contributed by atoms with Crippen LogP contribution in [0.5, 0.6) is 0 Å². The zero-order chi connectivity index (χ0) is 9.10. The fourth-order valence-electron chi connectivity index (χ4n) is 1.34. The molecule has 2 heterocycles. The second-order valence-electron chi connectivity index (χ2n) is 3.03. The summed E-state index contributed by atoms with van der Waals surface area (Å²) in [6, 6.07) is 0. The minimum atomic E-state index is 0.474. The van der Waals surface area contributed by atoms with Crippen LogP contribution in [0, 0.1) is 0 Å². The Morgan fingerprint density at radius 3 is 3.15 bits per heavy atom. The van der Waals surface area contributed by atoms with Crippen molar-refractivity contribution in [1.29, 1.82) is 0 Å². The number of thioether (sulfide) groups is 1. The van der Waals surface area contributed by atoms with Gasteiger partial charge in [-0.3, -0.25) is 0 Å². The average Bonchev–Trinajstić information content (AvgIpc) is 2.70. The van der Waals surface area contributed by atoms with Crippen molar-refractivity contribution in [3.05, 3.63) is 11.8 Å². The third kappa shape index (κ3) is 2.17. The molecule has 0 aromatic carbocycles. The Morgan fingerprint density at radius 1 is 1.54 bits per heavy atom. The Labute approximate surface area is 86.2 Å². The molecule has 1 atom stereocenters. The maximum Gasteiger partial charge on any atom is 0.220 e. The normalized spacial score (nSPS) is 22.4. The van der Waals surface area contributed by atoms with Gasteiger partial charge in [-0.1, -0.05) is 0 Å². The molecule has 1 aliphatic heterocycles. The molecule has 1 aliphatic rings. The van der Waals surface area contributed by atoms with E-state index in [1.54, 1.807) is 0 Å². The summed E-state index contributed by atoms with van der Waals surface area (Å²) in [5, 5.41) is 7.97. The van der Waals surface area contributed by atoms with E-state index >= 15 is 0 Å². The van der Waals surface area contributed by atoms with E-state index in [9.17, 15) is 0 Å². The van der Waals surface area contributed by atoms with Crippen LogP contribution in [0.25, 0.3) is 0 Å². The molecule has 1 unspecified atom stereocenters. The summed E-state index contributed by atoms with van der Waals surface area (Å²) in [5.74, 6) is 4.80. The quantitative estimate of drug-likeness (QED) is 0.729. The maximum atomic E-state index is 5.57. The van der Waals surface area contributed by atoms with Gasteiger partial charge in [0.15, 0.2) is 0 Å². The topological polar surface area (TPSA) is 38.9 Å². The van der Waals surface area contributed by atoms with Crippen LogP contribution in [0.2, 0.25) is 0 Å². The first-order valence-corrected chi connectivity index (χ1v) is 6.05. The number of aryl methyl sites for hydroxylation is 1. The van der Waals surface area contributed by atoms with Gasteiger partial charge in [0, 0.05) is 24.0 Å². The molecule has 1 saturated heterocycles. The largest absolute Gasteiger partial charge is 0.425 e. The highest BCUT2D eigenvalue weighted by molar-refractivity contribution is 7.99. The second-order valence-corrected chi connectivity index (χ2v) is 4.56. The summed E-state index contributed by atoms with van der Waals surface area (Å²) >= 11 is 7.52. The molecule has 2 rings (SSSR count). The van der Waals surface area contributed by atoms with Gasteiger partial charge in [-0.05, 0) is 12.2 Å². The first-order chi connectivity index (χ1) is 6.40. The molecule has 0 amide bonds. The second kappa shape index (κ2) is 4.33. The van der Waals surface area contributed by atoms with Gasteiger partial charge >= 0.3 is 0 Å². The van der Waals surface area contributed by atoms with Gasteiger partial charge in [0.25, 0.3) is 0 Å². The lowest BCUT2D eigenvalue weighted by atomic mass is 10.1. The van der Waals surface area contributed by atoms with E-state index in [4.69, 9.17) is 16.0 Å². The number of nitrogens with zero attached hydrogens (tertiary/aromatic N) is 2. The zero-order valence-electron chi connectivity index (χ0n) is 7.20. The van der Waals surface area contributed by atoms with Crippen LogP contribution >= 0.6 is 23.4 Å². The molecular weight excluding hydrogens is 208 g/mol. The molecule has 0 saturated carbocycles. The minimum Gasteiger partial charge on any atom is -0.425 e. The molecule has 13 heavy (non-hydrogen) atoms. The lowest BCUT2D eigenvalue weighted by Gasteiger charge is -1.98. The Bertz CT molecular complexity index is 273. The molecule has 0 spiro atoms. The van der Waals surface area contributed by atoms with Gasteiger partial charge in [0.2, 0.25) is 11.8 Å². The molecule has 0 bridgehead atoms. The van der Waals surface area contributed by atoms with Gasteiger partial charge in [-0.2, -0.15) is 11.8 Å². The number of alkyl halides is 1. The number of hydrogen-bond acceptors (Lipinski definition) is 4. The molecule has 5 heteroatoms. The van der Waals surface area contributed by atoms with Crippen LogP contribution in [0.3, 0.4) is 0 Å². The predicted molar refractivity (Wildman–Crippen MR) is 53.4 cm³/mol. The van der Waals surface area contributed by atoms with E-state index < -0.39 is 0 Å². The lowest BCUT2D eigenvalue weighted by Crippen LogP contribution is -1.95. The van der Waals surface area contributed by atoms with E-state index in [2.05, 4.69) is 10.2 Å². The monoisotopic (exact) mass is 218 g/mol. The Morgan fingerprint density at radius 2 is 2.46 bits per heavy atom. The molecular formula is C8H11ClN2OS. The van der Waals surface area contributed by atoms with Crippen LogP contribution in [0.15, 0.2) is 4.42 Å². The molecule has 72 valence electrons. The van der Waals surface area contributed by atoms with Gasteiger partial charge < -0.3 is 4.42 Å². The highest BCUT2D eigenvalue weighted by atomic mass is 35.5. The summed E-state index contributed by atoms with van der Waals surface area (Å²) in [5.41, 5.74) is 0. The smallest absolute Gasteiger partial charge is 0.220 e. The van der Waals surface area contributed by atoms with E-state index in [0.717, 1.165) is 18.1 Å². The molecule has 1 aromatic rings. The summed E-state index contributed by atoms with van der Waals surface area (Å²) in [7, 11) is 0. The van der Waals surface area contributed by atoms with Gasteiger partial charge in [0.1, 0.15) is 0 Å². The van der Waals surface area contributed by atoms with Crippen LogP contribution < -0.4 is 0 Å². The van der Waals surface area contributed by atoms with Gasteiger partial charge in [-0.25, -0.2) is 0 Å². The summed E-state index contributed by atoms with van der Waals surface area (Å²) in [6.45, 7) is 0. The minimum absolute atomic E-state index is 0.474. The van der Waals surface area contributed by atoms with Crippen molar-refractivity contribution in [2.75, 3.05) is 17.4 Å². The third-order valence-electron chi connectivity index (χ3n) is 2.07. The molecule has 3 nitrogen and oxygen atoms in total. The molecule has 0 N–H and O–H groups in total. The lowest BCUT2D eigenvalue weighted by molar-refractivity contribution is 0.430. The number of rotatable bonds is 3. The number of halogens is 1. The Hall–Kier alpha value is -0.220. The van der Waals surface area contributed by atoms with Crippen molar-refractivity contribution in [3.63, 3.8) is 0 Å². The van der Waals surface area contributed by atoms with Crippen LogP contribution in [-0.4, -0.2) is 27.6 Å². The van der Waals surface area contributed by atoms with E-state index in [0.29, 0.717) is 24.1 Å². The molecule has 0 aliphatic carbocycles. The number of hydrogen-bond donors (Lipinski definition) is 0. The predicted octanol–water partition coefficient (Wildman–Crippen LogP) is 2.07. The SMILES string of the molecule is ClCCc1nnc(C2CCSC2)o1. The van der Waals surface area contributed by atoms with Gasteiger partial charge in [-0.15, -0.1) is 21.8 Å². The van der Waals surface area contributed by atoms with Crippen molar-refractivity contribution in [2.45, 2.75) is 18.8 Å². The van der Waals surface area contributed by atoms with Crippen molar-refractivity contribution in [3.8, 4) is 0 Å². The maximum absolute atomic E-state index is 5.57. The molecule has 1 fully saturated rings. The highest BCUT2D eigenvalue weighted by Crippen LogP contribution is 2.31. The van der Waals surface area contributed by atoms with Crippen molar-refractivity contribution >= 4 is 23.4 Å². The first-order valence-electron chi connectivity index (χ1n) is 4.36. The van der Waals surface area contributed by atoms with E-state index in [-0.39, 0.29) is 0 Å². The zero-order valence-corrected chi connectivity index (χ0v) is 8.77. The first kappa shape index (κ1) is 9.34. The number of aromatic nitrogens is 2. The fourth-order valence-corrected chi connectivity index (χ4v) is 2.72. The molecule has 1 aromatic heterocycles. The Balaban J connectivity index is 2.03. The Kier molecular flexibility index (Phi) is 3.11. The van der Waals surface area contributed by atoms with Crippen molar-refractivity contribution < 1.29 is 4.42 Å². The fraction of sp³-hybridized carbons (Fsp3) is 0.750. The highest BCUT2D eigenvalue weighted by Gasteiger charge is 2.22. The van der Waals surface area contributed by atoms with Crippen LogP contribution in [0.1, 0.15) is 24.1 Å². The van der Waals surface area contributed by atoms with Crippen molar-refractivity contribution in [2.24, 2.45) is 0 Å².